The molecule has 1 aromatic rings. The first-order chi connectivity index (χ1) is 17.1. The lowest BCUT2D eigenvalue weighted by atomic mass is 10.1. The average molecular weight is 526 g/mol. The van der Waals surface area contributed by atoms with Gasteiger partial charge >= 0.3 is 11.9 Å². The Labute approximate surface area is 215 Å². The second-order valence-corrected chi connectivity index (χ2v) is 8.58. The Morgan fingerprint density at radius 1 is 0.833 bits per heavy atom. The van der Waals surface area contributed by atoms with Crippen molar-refractivity contribution in [3.63, 3.8) is 0 Å². The van der Waals surface area contributed by atoms with Gasteiger partial charge in [-0.15, -0.1) is 0 Å². The fourth-order valence-corrected chi connectivity index (χ4v) is 3.52. The molecule has 0 bridgehead atoms. The van der Waals surface area contributed by atoms with E-state index in [4.69, 9.17) is 16.6 Å². The van der Waals surface area contributed by atoms with Gasteiger partial charge in [0.05, 0.1) is 6.04 Å². The van der Waals surface area contributed by atoms with Crippen molar-refractivity contribution in [2.24, 2.45) is 11.5 Å². The number of amides is 3. The van der Waals surface area contributed by atoms with Crippen molar-refractivity contribution in [3.05, 3.63) is 35.9 Å². The Balaban J connectivity index is 2.84. The lowest BCUT2D eigenvalue weighted by Gasteiger charge is -2.24. The van der Waals surface area contributed by atoms with Crippen LogP contribution in [0.5, 0.6) is 0 Å². The molecule has 4 atom stereocenters. The lowest BCUT2D eigenvalue weighted by molar-refractivity contribution is -0.143. The number of unbranched alkanes of at least 4 members (excludes halogenated alkanes) is 1. The molecule has 0 fully saturated rings. The van der Waals surface area contributed by atoms with E-state index in [1.165, 1.54) is 0 Å². The quantitative estimate of drug-likeness (QED) is 0.0925. The highest BCUT2D eigenvalue weighted by Crippen LogP contribution is 2.06. The first kappa shape index (κ1) is 30.9. The smallest absolute Gasteiger partial charge is 0.326 e. The molecule has 0 spiro atoms. The summed E-state index contributed by atoms with van der Waals surface area (Å²) in [6.07, 6.45) is 0.641. The second kappa shape index (κ2) is 16.5. The van der Waals surface area contributed by atoms with Crippen molar-refractivity contribution in [3.8, 4) is 0 Å². The Morgan fingerprint density at radius 2 is 1.42 bits per heavy atom. The van der Waals surface area contributed by atoms with Gasteiger partial charge in [-0.3, -0.25) is 19.2 Å². The van der Waals surface area contributed by atoms with Crippen molar-refractivity contribution in [2.75, 3.05) is 12.3 Å². The number of aliphatic carboxylic acids is 2. The average Bonchev–Trinajstić information content (AvgIpc) is 2.84. The number of carbonyl (C=O) groups is 5. The molecular weight excluding hydrogens is 490 g/mol. The number of hydrogen-bond donors (Lipinski definition) is 8. The maximum atomic E-state index is 12.9. The van der Waals surface area contributed by atoms with Crippen LogP contribution < -0.4 is 27.4 Å². The number of carboxylic acid groups (broad SMARTS) is 2. The van der Waals surface area contributed by atoms with Gasteiger partial charge in [0.25, 0.3) is 0 Å². The zero-order valence-corrected chi connectivity index (χ0v) is 20.8. The van der Waals surface area contributed by atoms with Crippen LogP contribution in [0.4, 0.5) is 0 Å². The molecule has 0 saturated heterocycles. The summed E-state index contributed by atoms with van der Waals surface area (Å²) in [5.74, 6) is -4.75. The first-order valence-electron chi connectivity index (χ1n) is 11.5. The molecule has 0 aromatic heterocycles. The van der Waals surface area contributed by atoms with Crippen molar-refractivity contribution in [1.82, 2.24) is 16.0 Å². The van der Waals surface area contributed by atoms with E-state index in [1.807, 2.05) is 30.3 Å². The lowest BCUT2D eigenvalue weighted by Crippen LogP contribution is -2.57. The summed E-state index contributed by atoms with van der Waals surface area (Å²) in [5.41, 5.74) is 12.3. The number of thiol groups is 1. The molecule has 36 heavy (non-hydrogen) atoms. The fraction of sp³-hybridized carbons (Fsp3) is 0.522. The van der Waals surface area contributed by atoms with Crippen molar-refractivity contribution < 1.29 is 34.2 Å². The number of carbonyl (C=O) groups excluding carboxylic acids is 3. The molecule has 1 rings (SSSR count). The summed E-state index contributed by atoms with van der Waals surface area (Å²) in [7, 11) is 0. The topological polar surface area (TPSA) is 214 Å². The molecule has 1 aromatic carbocycles. The van der Waals surface area contributed by atoms with Crippen LogP contribution in [0.15, 0.2) is 30.3 Å². The molecule has 0 aliphatic heterocycles. The van der Waals surface area contributed by atoms with E-state index in [2.05, 4.69) is 28.6 Å². The monoisotopic (exact) mass is 525 g/mol. The third-order valence-corrected chi connectivity index (χ3v) is 5.66. The third kappa shape index (κ3) is 11.5. The SMILES string of the molecule is NCCCCC(NC(=O)C(CS)NC(=O)C(N)Cc1ccccc1)C(=O)NC(CCC(=O)O)C(=O)O. The number of carboxylic acids is 2. The summed E-state index contributed by atoms with van der Waals surface area (Å²) in [6, 6.07) is 4.51. The van der Waals surface area contributed by atoms with Crippen LogP contribution >= 0.6 is 12.6 Å². The van der Waals surface area contributed by atoms with Gasteiger partial charge in [-0.1, -0.05) is 30.3 Å². The first-order valence-corrected chi connectivity index (χ1v) is 12.2. The molecule has 9 N–H and O–H groups in total. The summed E-state index contributed by atoms with van der Waals surface area (Å²) < 4.78 is 0. The maximum absolute atomic E-state index is 12.9. The highest BCUT2D eigenvalue weighted by Gasteiger charge is 2.30. The summed E-state index contributed by atoms with van der Waals surface area (Å²) >= 11 is 4.12. The molecule has 12 nitrogen and oxygen atoms in total. The van der Waals surface area contributed by atoms with E-state index < -0.39 is 60.2 Å². The van der Waals surface area contributed by atoms with Gasteiger partial charge in [0.15, 0.2) is 0 Å². The number of nitrogens with two attached hydrogens (primary N) is 2. The minimum atomic E-state index is -1.45. The van der Waals surface area contributed by atoms with Crippen LogP contribution in [-0.2, 0) is 30.4 Å². The number of benzene rings is 1. The second-order valence-electron chi connectivity index (χ2n) is 8.22. The van der Waals surface area contributed by atoms with Crippen molar-refractivity contribution in [1.29, 1.82) is 0 Å². The molecule has 13 heteroatoms. The minimum absolute atomic E-state index is 0.0802. The largest absolute Gasteiger partial charge is 0.481 e. The zero-order valence-electron chi connectivity index (χ0n) is 19.9. The molecule has 0 heterocycles. The van der Waals surface area contributed by atoms with Crippen molar-refractivity contribution >= 4 is 42.3 Å². The van der Waals surface area contributed by atoms with Gasteiger partial charge in [0.1, 0.15) is 18.1 Å². The fourth-order valence-electron chi connectivity index (χ4n) is 3.27. The van der Waals surface area contributed by atoms with Gasteiger partial charge in [0.2, 0.25) is 17.7 Å². The summed E-state index contributed by atoms with van der Waals surface area (Å²) in [6.45, 7) is 0.354. The molecule has 0 aliphatic rings. The summed E-state index contributed by atoms with van der Waals surface area (Å²) in [5, 5.41) is 25.4. The van der Waals surface area contributed by atoms with Crippen LogP contribution in [0.1, 0.15) is 37.7 Å². The van der Waals surface area contributed by atoms with E-state index in [1.54, 1.807) is 0 Å². The number of rotatable bonds is 17. The van der Waals surface area contributed by atoms with E-state index >= 15 is 0 Å². The molecule has 3 amide bonds. The molecule has 0 saturated carbocycles. The van der Waals surface area contributed by atoms with Gasteiger partial charge in [-0.25, -0.2) is 4.79 Å². The van der Waals surface area contributed by atoms with Crippen LogP contribution in [0, 0.1) is 0 Å². The number of hydrogen-bond acceptors (Lipinski definition) is 8. The summed E-state index contributed by atoms with van der Waals surface area (Å²) in [4.78, 5) is 60.4. The highest BCUT2D eigenvalue weighted by atomic mass is 32.1. The van der Waals surface area contributed by atoms with Crippen molar-refractivity contribution in [2.45, 2.75) is 62.7 Å². The van der Waals surface area contributed by atoms with Gasteiger partial charge in [-0.05, 0) is 44.2 Å². The van der Waals surface area contributed by atoms with E-state index in [0.29, 0.717) is 19.4 Å². The normalized spacial score (nSPS) is 14.1. The minimum Gasteiger partial charge on any atom is -0.481 e. The predicted octanol–water partition coefficient (Wildman–Crippen LogP) is -0.981. The van der Waals surface area contributed by atoms with Crippen LogP contribution in [0.3, 0.4) is 0 Å². The molecule has 0 aliphatic carbocycles. The van der Waals surface area contributed by atoms with Gasteiger partial charge in [0, 0.05) is 12.2 Å². The molecular formula is C23H35N5O7S. The van der Waals surface area contributed by atoms with Gasteiger partial charge < -0.3 is 37.6 Å². The molecule has 200 valence electrons. The standard InChI is InChI=1S/C23H35N5O7S/c24-11-5-4-8-16(21(32)27-17(23(34)35)9-10-19(29)30)26-22(33)18(13-36)28-20(31)15(25)12-14-6-2-1-3-7-14/h1-3,6-7,15-18,36H,4-5,8-13,24-25H2,(H,26,33)(H,27,32)(H,28,31)(H,29,30)(H,34,35). The number of nitrogens with one attached hydrogen (secondary N) is 3. The van der Waals surface area contributed by atoms with Crippen LogP contribution in [-0.4, -0.2) is 76.3 Å². The third-order valence-electron chi connectivity index (χ3n) is 5.29. The molecule has 4 unspecified atom stereocenters. The van der Waals surface area contributed by atoms with E-state index in [-0.39, 0.29) is 25.0 Å². The predicted molar refractivity (Wildman–Crippen MR) is 135 cm³/mol. The zero-order chi connectivity index (χ0) is 27.1. The highest BCUT2D eigenvalue weighted by molar-refractivity contribution is 7.80. The van der Waals surface area contributed by atoms with Gasteiger partial charge in [-0.2, -0.15) is 12.6 Å². The van der Waals surface area contributed by atoms with Crippen LogP contribution in [0.2, 0.25) is 0 Å². The Morgan fingerprint density at radius 3 is 1.97 bits per heavy atom. The van der Waals surface area contributed by atoms with E-state index in [9.17, 15) is 29.1 Å². The Bertz CT molecular complexity index is 887. The maximum Gasteiger partial charge on any atom is 0.326 e. The van der Waals surface area contributed by atoms with E-state index in [0.717, 1.165) is 5.56 Å². The molecule has 0 radical (unpaired) electrons. The van der Waals surface area contributed by atoms with Crippen LogP contribution in [0.25, 0.3) is 0 Å². The Kier molecular flexibility index (Phi) is 14.1. The Hall–Kier alpha value is -3.16.